The monoisotopic (exact) mass is 406 g/mol. The molecule has 0 saturated carbocycles. The summed E-state index contributed by atoms with van der Waals surface area (Å²) in [7, 11) is -0.922. The summed E-state index contributed by atoms with van der Waals surface area (Å²) in [6.45, 7) is -0.00521. The van der Waals surface area contributed by atoms with Gasteiger partial charge in [0.25, 0.3) is 0 Å². The molecule has 0 aliphatic carbocycles. The van der Waals surface area contributed by atoms with Gasteiger partial charge in [0.05, 0.1) is 25.4 Å². The molecule has 1 aromatic heterocycles. The van der Waals surface area contributed by atoms with Crippen LogP contribution in [0.15, 0.2) is 47.4 Å². The maximum absolute atomic E-state index is 12.8. The van der Waals surface area contributed by atoms with E-state index in [9.17, 15) is 13.2 Å². The minimum absolute atomic E-state index is 0.0409. The first-order chi connectivity index (χ1) is 12.9. The number of sulfonamides is 1. The van der Waals surface area contributed by atoms with Gasteiger partial charge in [0, 0.05) is 13.6 Å². The minimum atomic E-state index is -3.86. The summed E-state index contributed by atoms with van der Waals surface area (Å²) < 4.78 is 39.8. The summed E-state index contributed by atoms with van der Waals surface area (Å²) >= 11 is 0.946. The largest absolute Gasteiger partial charge is 0.497 e. The van der Waals surface area contributed by atoms with Gasteiger partial charge in [-0.05, 0) is 29.8 Å². The van der Waals surface area contributed by atoms with Gasteiger partial charge in [-0.2, -0.15) is 13.1 Å². The molecule has 0 aliphatic heterocycles. The lowest BCUT2D eigenvalue weighted by Crippen LogP contribution is -2.38. The number of benzene rings is 2. The summed E-state index contributed by atoms with van der Waals surface area (Å²) in [4.78, 5) is 12.2. The normalized spacial score (nSPS) is 11.7. The quantitative estimate of drug-likeness (QED) is 0.640. The van der Waals surface area contributed by atoms with E-state index in [1.54, 1.807) is 31.4 Å². The van der Waals surface area contributed by atoms with E-state index in [1.807, 2.05) is 12.1 Å². The molecule has 0 fully saturated rings. The van der Waals surface area contributed by atoms with E-state index in [0.717, 1.165) is 27.3 Å². The number of fused-ring (bicyclic) bond motifs is 1. The van der Waals surface area contributed by atoms with Crippen LogP contribution in [-0.2, 0) is 21.4 Å². The van der Waals surface area contributed by atoms with Crippen LogP contribution >= 0.6 is 11.7 Å². The van der Waals surface area contributed by atoms with Crippen molar-refractivity contribution in [2.45, 2.75) is 11.4 Å². The number of nitrogens with one attached hydrogen (secondary N) is 1. The second-order valence-corrected chi connectivity index (χ2v) is 8.32. The van der Waals surface area contributed by atoms with Crippen molar-refractivity contribution in [2.24, 2.45) is 0 Å². The Morgan fingerprint density at radius 1 is 1.19 bits per heavy atom. The number of rotatable bonds is 7. The van der Waals surface area contributed by atoms with Crippen molar-refractivity contribution >= 4 is 38.7 Å². The first-order valence-electron chi connectivity index (χ1n) is 7.99. The zero-order chi connectivity index (χ0) is 19.4. The Morgan fingerprint density at radius 3 is 2.63 bits per heavy atom. The Hall–Kier alpha value is -2.56. The first kappa shape index (κ1) is 19.2. The number of nitrogens with zero attached hydrogens (tertiary/aromatic N) is 3. The average Bonchev–Trinajstić information content (AvgIpc) is 3.15. The zero-order valence-corrected chi connectivity index (χ0v) is 16.4. The molecule has 1 heterocycles. The summed E-state index contributed by atoms with van der Waals surface area (Å²) in [5, 5.41) is 2.71. The number of aromatic nitrogens is 2. The molecule has 0 unspecified atom stereocenters. The molecule has 3 rings (SSSR count). The SMILES string of the molecule is COc1ccc(CNC(=O)CN(C)S(=O)(=O)c2cccc3nsnc23)cc1. The number of amides is 1. The van der Waals surface area contributed by atoms with E-state index >= 15 is 0 Å². The molecule has 27 heavy (non-hydrogen) atoms. The summed E-state index contributed by atoms with van der Waals surface area (Å²) in [6, 6.07) is 12.0. The van der Waals surface area contributed by atoms with E-state index in [0.29, 0.717) is 17.6 Å². The van der Waals surface area contributed by atoms with Crippen LogP contribution in [0.2, 0.25) is 0 Å². The van der Waals surface area contributed by atoms with Crippen LogP contribution in [0.4, 0.5) is 0 Å². The van der Waals surface area contributed by atoms with Crippen molar-refractivity contribution in [1.82, 2.24) is 18.4 Å². The first-order valence-corrected chi connectivity index (χ1v) is 10.2. The Morgan fingerprint density at radius 2 is 1.93 bits per heavy atom. The molecule has 2 aromatic carbocycles. The Labute approximate surface area is 161 Å². The molecule has 1 amide bonds. The third-order valence-corrected chi connectivity index (χ3v) is 6.33. The number of carbonyl (C=O) groups excluding carboxylic acids is 1. The second kappa shape index (κ2) is 7.99. The molecule has 0 bridgehead atoms. The zero-order valence-electron chi connectivity index (χ0n) is 14.7. The number of ether oxygens (including phenoxy) is 1. The van der Waals surface area contributed by atoms with Crippen molar-refractivity contribution in [3.05, 3.63) is 48.0 Å². The van der Waals surface area contributed by atoms with Crippen LogP contribution in [0.1, 0.15) is 5.56 Å². The Balaban J connectivity index is 1.65. The van der Waals surface area contributed by atoms with Gasteiger partial charge in [-0.3, -0.25) is 4.79 Å². The van der Waals surface area contributed by atoms with Crippen LogP contribution in [0.25, 0.3) is 11.0 Å². The van der Waals surface area contributed by atoms with Crippen LogP contribution < -0.4 is 10.1 Å². The molecule has 0 radical (unpaired) electrons. The van der Waals surface area contributed by atoms with Crippen molar-refractivity contribution in [1.29, 1.82) is 0 Å². The van der Waals surface area contributed by atoms with Crippen LogP contribution in [0.5, 0.6) is 5.75 Å². The van der Waals surface area contributed by atoms with Gasteiger partial charge in [-0.25, -0.2) is 8.42 Å². The molecule has 10 heteroatoms. The molecule has 8 nitrogen and oxygen atoms in total. The van der Waals surface area contributed by atoms with Crippen LogP contribution in [-0.4, -0.2) is 48.1 Å². The molecule has 0 aliphatic rings. The summed E-state index contributed by atoms with van der Waals surface area (Å²) in [5.74, 6) is 0.321. The molecular weight excluding hydrogens is 388 g/mol. The molecule has 0 spiro atoms. The number of carbonyl (C=O) groups is 1. The van der Waals surface area contributed by atoms with Crippen LogP contribution in [0.3, 0.4) is 0 Å². The van der Waals surface area contributed by atoms with Gasteiger partial charge in [0.2, 0.25) is 15.9 Å². The fraction of sp³-hybridized carbons (Fsp3) is 0.235. The van der Waals surface area contributed by atoms with Gasteiger partial charge in [0.15, 0.2) is 0 Å². The van der Waals surface area contributed by atoms with Gasteiger partial charge >= 0.3 is 0 Å². The number of hydrogen-bond donors (Lipinski definition) is 1. The lowest BCUT2D eigenvalue weighted by molar-refractivity contribution is -0.121. The highest BCUT2D eigenvalue weighted by molar-refractivity contribution is 7.89. The smallest absolute Gasteiger partial charge is 0.245 e. The molecule has 142 valence electrons. The standard InChI is InChI=1S/C17H18N4O4S2/c1-21(11-16(22)18-10-12-6-8-13(25-2)9-7-12)27(23,24)15-5-3-4-14-17(15)20-26-19-14/h3-9H,10-11H2,1-2H3,(H,18,22). The topological polar surface area (TPSA) is 101 Å². The second-order valence-electron chi connectivity index (χ2n) is 5.77. The highest BCUT2D eigenvalue weighted by atomic mass is 32.2. The maximum Gasteiger partial charge on any atom is 0.245 e. The Kier molecular flexibility index (Phi) is 5.68. The average molecular weight is 406 g/mol. The van der Waals surface area contributed by atoms with Crippen molar-refractivity contribution in [3.8, 4) is 5.75 Å². The fourth-order valence-electron chi connectivity index (χ4n) is 2.44. The fourth-order valence-corrected chi connectivity index (χ4v) is 4.32. The lowest BCUT2D eigenvalue weighted by atomic mass is 10.2. The predicted octanol–water partition coefficient (Wildman–Crippen LogP) is 1.64. The highest BCUT2D eigenvalue weighted by Gasteiger charge is 2.26. The summed E-state index contributed by atoms with van der Waals surface area (Å²) in [5.41, 5.74) is 1.71. The molecule has 0 saturated heterocycles. The maximum atomic E-state index is 12.8. The van der Waals surface area contributed by atoms with Gasteiger partial charge < -0.3 is 10.1 Å². The van der Waals surface area contributed by atoms with Gasteiger partial charge in [0.1, 0.15) is 21.7 Å². The number of hydrogen-bond acceptors (Lipinski definition) is 7. The minimum Gasteiger partial charge on any atom is -0.497 e. The third-order valence-electron chi connectivity index (χ3n) is 3.95. The van der Waals surface area contributed by atoms with Crippen LogP contribution in [0, 0.1) is 0 Å². The third kappa shape index (κ3) is 4.24. The number of methoxy groups -OCH3 is 1. The Bertz CT molecular complexity index is 1050. The van der Waals surface area contributed by atoms with E-state index in [4.69, 9.17) is 4.74 Å². The van der Waals surface area contributed by atoms with E-state index in [2.05, 4.69) is 14.1 Å². The number of likely N-dealkylation sites (N-methyl/N-ethyl adjacent to an activating group) is 1. The molecule has 3 aromatic rings. The van der Waals surface area contributed by atoms with Crippen molar-refractivity contribution in [3.63, 3.8) is 0 Å². The van der Waals surface area contributed by atoms with E-state index in [1.165, 1.54) is 13.1 Å². The van der Waals surface area contributed by atoms with E-state index in [-0.39, 0.29) is 11.4 Å². The summed E-state index contributed by atoms with van der Waals surface area (Å²) in [6.07, 6.45) is 0. The highest BCUT2D eigenvalue weighted by Crippen LogP contribution is 2.23. The van der Waals surface area contributed by atoms with Crippen molar-refractivity contribution < 1.29 is 17.9 Å². The van der Waals surface area contributed by atoms with E-state index < -0.39 is 15.9 Å². The molecule has 1 N–H and O–H groups in total. The predicted molar refractivity (Wildman–Crippen MR) is 102 cm³/mol. The van der Waals surface area contributed by atoms with Crippen molar-refractivity contribution in [2.75, 3.05) is 20.7 Å². The lowest BCUT2D eigenvalue weighted by Gasteiger charge is -2.17. The molecule has 0 atom stereocenters. The van der Waals surface area contributed by atoms with Gasteiger partial charge in [-0.15, -0.1) is 0 Å². The molecular formula is C17H18N4O4S2. The van der Waals surface area contributed by atoms with Gasteiger partial charge in [-0.1, -0.05) is 18.2 Å².